The van der Waals surface area contributed by atoms with Crippen molar-refractivity contribution in [1.29, 1.82) is 0 Å². The van der Waals surface area contributed by atoms with E-state index < -0.39 is 0 Å². The van der Waals surface area contributed by atoms with E-state index in [2.05, 4.69) is 0 Å². The third kappa shape index (κ3) is 8.83. The van der Waals surface area contributed by atoms with Gasteiger partial charge in [-0.05, 0) is 0 Å². The largest absolute Gasteiger partial charge is 0 e. The van der Waals surface area contributed by atoms with Crippen molar-refractivity contribution in [2.24, 2.45) is 0 Å². The van der Waals surface area contributed by atoms with Gasteiger partial charge in [0.1, 0.15) is 0 Å². The molecule has 0 radical (unpaired) electrons. The van der Waals surface area contributed by atoms with E-state index in [1.807, 2.05) is 0 Å². The number of hydrogen-bond acceptors (Lipinski definition) is 0. The Kier molecular flexibility index (Phi) is 148. The third-order valence-electron chi connectivity index (χ3n) is 0. The van der Waals surface area contributed by atoms with Crippen LogP contribution in [0.4, 0.5) is 0 Å². The van der Waals surface area contributed by atoms with Crippen molar-refractivity contribution in [2.75, 3.05) is 0 Å². The Bertz CT molecular complexity index is 3.25. The normalized spacial score (nSPS) is 0. The van der Waals surface area contributed by atoms with Crippen LogP contribution in [0.3, 0.4) is 0 Å². The summed E-state index contributed by atoms with van der Waals surface area (Å²) in [6, 6.07) is 0. The minimum atomic E-state index is 0. The molecule has 0 fully saturated rings. The quantitative estimate of drug-likeness (QED) is 0.532. The average molecular weight is 252 g/mol. The predicted molar refractivity (Wildman–Crippen MR) is 0 cm³/mol. The van der Waals surface area contributed by atoms with Crippen molar-refractivity contribution < 1.29 is 75.5 Å². The van der Waals surface area contributed by atoms with Gasteiger partial charge in [0.25, 0.3) is 0 Å². The van der Waals surface area contributed by atoms with Crippen molar-refractivity contribution >= 4 is 0 Å². The Morgan fingerprint density at radius 3 is 0.500 bits per heavy atom. The Labute approximate surface area is 74.6 Å². The van der Waals surface area contributed by atoms with E-state index in [4.69, 9.17) is 0 Å². The van der Waals surface area contributed by atoms with Crippen molar-refractivity contribution in [3.8, 4) is 0 Å². The summed E-state index contributed by atoms with van der Waals surface area (Å²) in [5.74, 6) is 0. The van der Waals surface area contributed by atoms with Crippen LogP contribution in [-0.4, -0.2) is 0 Å². The van der Waals surface area contributed by atoms with Crippen LogP contribution in [0.15, 0.2) is 0 Å². The molecular weight excluding hydrogens is 252 g/mol. The zero-order chi connectivity index (χ0) is 0. The maximum atomic E-state index is 0. The first-order valence-electron chi connectivity index (χ1n) is 0. The van der Waals surface area contributed by atoms with Gasteiger partial charge in [0.2, 0.25) is 0 Å². The van der Waals surface area contributed by atoms with Gasteiger partial charge in [-0.3, -0.25) is 0 Å². The van der Waals surface area contributed by atoms with Crippen LogP contribution in [-0.2, 0) is 75.5 Å². The fourth-order valence-corrected chi connectivity index (χ4v) is 0. The van der Waals surface area contributed by atoms with E-state index >= 15 is 0 Å². The van der Waals surface area contributed by atoms with Gasteiger partial charge in [-0.15, -0.1) is 0 Å². The summed E-state index contributed by atoms with van der Waals surface area (Å²) in [7, 11) is 0. The standard InChI is InChI=1S/Fe.3Zn. The predicted octanol–water partition coefficient (Wildman–Crippen LogP) is -0.0100. The molecule has 14 valence electrons. The summed E-state index contributed by atoms with van der Waals surface area (Å²) < 4.78 is 0. The van der Waals surface area contributed by atoms with Crippen LogP contribution in [0.5, 0.6) is 0 Å². The van der Waals surface area contributed by atoms with Crippen LogP contribution in [0.2, 0.25) is 0 Å². The Morgan fingerprint density at radius 1 is 0.500 bits per heavy atom. The second-order valence-corrected chi connectivity index (χ2v) is 0. The van der Waals surface area contributed by atoms with Crippen LogP contribution in [0.1, 0.15) is 0 Å². The first-order chi connectivity index (χ1) is 0. The molecule has 0 aromatic rings. The second-order valence-electron chi connectivity index (χ2n) is 0. The fourth-order valence-electron chi connectivity index (χ4n) is 0. The first kappa shape index (κ1) is 32.5. The summed E-state index contributed by atoms with van der Waals surface area (Å²) in [5, 5.41) is 0. The Morgan fingerprint density at radius 2 is 0.500 bits per heavy atom. The smallest absolute Gasteiger partial charge is 0 e. The molecule has 0 aromatic heterocycles. The van der Waals surface area contributed by atoms with E-state index in [1.54, 1.807) is 0 Å². The Hall–Kier alpha value is 2.39. The van der Waals surface area contributed by atoms with E-state index in [0.29, 0.717) is 0 Å². The summed E-state index contributed by atoms with van der Waals surface area (Å²) in [6.07, 6.45) is 0. The molecule has 0 amide bonds. The fraction of sp³-hybridized carbons (Fsp3) is 0. The number of rotatable bonds is 0. The maximum Gasteiger partial charge on any atom is 0 e. The van der Waals surface area contributed by atoms with Gasteiger partial charge in [0.15, 0.2) is 0 Å². The topological polar surface area (TPSA) is 0 Å². The molecule has 0 aliphatic rings. The molecule has 0 atom stereocenters. The van der Waals surface area contributed by atoms with E-state index in [1.165, 1.54) is 0 Å². The van der Waals surface area contributed by atoms with Crippen LogP contribution in [0.25, 0.3) is 0 Å². The number of hydrogen-bond donors (Lipinski definition) is 0. The molecule has 4 heavy (non-hydrogen) atoms. The molecule has 0 rings (SSSR count). The molecule has 0 saturated heterocycles. The second kappa shape index (κ2) is 18.2. The zero-order valence-electron chi connectivity index (χ0n) is 2.47. The molecular formula is FeZn3. The van der Waals surface area contributed by atoms with Gasteiger partial charge in [0, 0.05) is 75.5 Å². The molecule has 0 heterocycles. The summed E-state index contributed by atoms with van der Waals surface area (Å²) in [6.45, 7) is 0. The zero-order valence-corrected chi connectivity index (χ0v) is 12.5. The summed E-state index contributed by atoms with van der Waals surface area (Å²) >= 11 is 0. The SMILES string of the molecule is [Fe].[Zn].[Zn].[Zn]. The minimum Gasteiger partial charge on any atom is 0 e. The third-order valence-corrected chi connectivity index (χ3v) is 0. The van der Waals surface area contributed by atoms with Crippen LogP contribution in [0, 0.1) is 0 Å². The van der Waals surface area contributed by atoms with Crippen LogP contribution >= 0.6 is 0 Å². The minimum absolute atomic E-state index is 0. The van der Waals surface area contributed by atoms with Crippen molar-refractivity contribution in [1.82, 2.24) is 0 Å². The first-order valence-corrected chi connectivity index (χ1v) is 0. The van der Waals surface area contributed by atoms with E-state index in [0.717, 1.165) is 0 Å². The van der Waals surface area contributed by atoms with Crippen molar-refractivity contribution in [2.45, 2.75) is 0 Å². The molecule has 0 spiro atoms. The molecule has 0 aliphatic carbocycles. The van der Waals surface area contributed by atoms with Gasteiger partial charge in [-0.1, -0.05) is 0 Å². The molecule has 0 saturated carbocycles. The van der Waals surface area contributed by atoms with Gasteiger partial charge in [-0.25, -0.2) is 0 Å². The molecule has 0 nitrogen and oxygen atoms in total. The Balaban J connectivity index is 0. The van der Waals surface area contributed by atoms with Gasteiger partial charge in [-0.2, -0.15) is 0 Å². The monoisotopic (exact) mass is 248 g/mol. The van der Waals surface area contributed by atoms with E-state index in [9.17, 15) is 0 Å². The van der Waals surface area contributed by atoms with Gasteiger partial charge >= 0.3 is 0 Å². The molecule has 0 unspecified atom stereocenters. The summed E-state index contributed by atoms with van der Waals surface area (Å²) in [5.41, 5.74) is 0. The van der Waals surface area contributed by atoms with Gasteiger partial charge in [0.05, 0.1) is 0 Å². The summed E-state index contributed by atoms with van der Waals surface area (Å²) in [4.78, 5) is 0. The van der Waals surface area contributed by atoms with Crippen molar-refractivity contribution in [3.63, 3.8) is 0 Å². The van der Waals surface area contributed by atoms with Crippen LogP contribution < -0.4 is 0 Å². The van der Waals surface area contributed by atoms with Crippen molar-refractivity contribution in [3.05, 3.63) is 0 Å². The molecule has 0 aromatic carbocycles. The molecule has 0 aliphatic heterocycles. The molecule has 4 heteroatoms. The van der Waals surface area contributed by atoms with Gasteiger partial charge < -0.3 is 0 Å². The maximum absolute atomic E-state index is 0. The molecule has 0 bridgehead atoms. The average Bonchev–Trinajstić information content (AvgIpc) is 0. The van der Waals surface area contributed by atoms with E-state index in [-0.39, 0.29) is 75.5 Å². The molecule has 0 N–H and O–H groups in total.